The van der Waals surface area contributed by atoms with Crippen molar-refractivity contribution < 1.29 is 13.2 Å². The number of amides is 1. The van der Waals surface area contributed by atoms with Gasteiger partial charge in [-0.2, -0.15) is 0 Å². The molecule has 0 saturated carbocycles. The van der Waals surface area contributed by atoms with Crippen molar-refractivity contribution in [3.63, 3.8) is 0 Å². The number of nitrogens with zero attached hydrogens (tertiary/aromatic N) is 1. The van der Waals surface area contributed by atoms with Gasteiger partial charge in [0, 0.05) is 18.7 Å². The number of sulfonamides is 1. The number of carbonyl (C=O) groups is 1. The van der Waals surface area contributed by atoms with Gasteiger partial charge in [-0.1, -0.05) is 12.1 Å². The van der Waals surface area contributed by atoms with E-state index in [1.54, 1.807) is 23.1 Å². The molecular formula is C21H24N2O3S. The third kappa shape index (κ3) is 3.23. The smallest absolute Gasteiger partial charge is 0.261 e. The van der Waals surface area contributed by atoms with Crippen LogP contribution in [0.15, 0.2) is 41.3 Å². The SMILES string of the molecule is CC(=O)N1c2ccc(S(=O)(=O)Nc3cccc4c3CCCC4)cc2C[C@@H]1C. The van der Waals surface area contributed by atoms with Crippen molar-refractivity contribution in [2.45, 2.75) is 56.9 Å². The molecule has 1 N–H and O–H groups in total. The van der Waals surface area contributed by atoms with Crippen LogP contribution in [0.2, 0.25) is 0 Å². The van der Waals surface area contributed by atoms with E-state index in [4.69, 9.17) is 0 Å². The van der Waals surface area contributed by atoms with Crippen molar-refractivity contribution in [2.75, 3.05) is 9.62 Å². The number of benzene rings is 2. The zero-order valence-corrected chi connectivity index (χ0v) is 16.5. The fourth-order valence-electron chi connectivity index (χ4n) is 4.34. The molecule has 1 atom stereocenters. The van der Waals surface area contributed by atoms with Crippen molar-refractivity contribution in [1.29, 1.82) is 0 Å². The van der Waals surface area contributed by atoms with Crippen molar-refractivity contribution >= 4 is 27.3 Å². The highest BCUT2D eigenvalue weighted by Crippen LogP contribution is 2.35. The van der Waals surface area contributed by atoms with E-state index < -0.39 is 10.0 Å². The Kier molecular flexibility index (Phi) is 4.46. The first-order chi connectivity index (χ1) is 12.9. The van der Waals surface area contributed by atoms with Gasteiger partial charge in [0.15, 0.2) is 0 Å². The predicted octanol–water partition coefficient (Wildman–Crippen LogP) is 3.66. The molecule has 2 aromatic rings. The summed E-state index contributed by atoms with van der Waals surface area (Å²) in [6.45, 7) is 3.51. The highest BCUT2D eigenvalue weighted by atomic mass is 32.2. The maximum Gasteiger partial charge on any atom is 0.261 e. The van der Waals surface area contributed by atoms with E-state index in [2.05, 4.69) is 10.8 Å². The quantitative estimate of drug-likeness (QED) is 0.878. The van der Waals surface area contributed by atoms with Gasteiger partial charge in [-0.05, 0) is 80.0 Å². The number of fused-ring (bicyclic) bond motifs is 2. The summed E-state index contributed by atoms with van der Waals surface area (Å²) in [6.07, 6.45) is 4.81. The molecule has 1 amide bonds. The van der Waals surface area contributed by atoms with E-state index in [0.717, 1.165) is 42.5 Å². The van der Waals surface area contributed by atoms with E-state index in [1.165, 1.54) is 12.5 Å². The highest BCUT2D eigenvalue weighted by molar-refractivity contribution is 7.92. The van der Waals surface area contributed by atoms with E-state index in [0.29, 0.717) is 12.1 Å². The molecule has 5 nitrogen and oxygen atoms in total. The van der Waals surface area contributed by atoms with Crippen LogP contribution in [0.5, 0.6) is 0 Å². The summed E-state index contributed by atoms with van der Waals surface area (Å²) in [6, 6.07) is 10.9. The van der Waals surface area contributed by atoms with Crippen LogP contribution < -0.4 is 9.62 Å². The lowest BCUT2D eigenvalue weighted by Gasteiger charge is -2.21. The van der Waals surface area contributed by atoms with E-state index in [-0.39, 0.29) is 16.8 Å². The lowest BCUT2D eigenvalue weighted by molar-refractivity contribution is -0.116. The number of carbonyl (C=O) groups excluding carboxylic acids is 1. The number of rotatable bonds is 3. The summed E-state index contributed by atoms with van der Waals surface area (Å²) in [5.74, 6) is -0.0223. The normalized spacial score (nSPS) is 18.7. The topological polar surface area (TPSA) is 66.5 Å². The van der Waals surface area contributed by atoms with Crippen LogP contribution >= 0.6 is 0 Å². The van der Waals surface area contributed by atoms with Crippen LogP contribution in [-0.4, -0.2) is 20.4 Å². The fourth-order valence-corrected chi connectivity index (χ4v) is 5.48. The number of hydrogen-bond donors (Lipinski definition) is 1. The van der Waals surface area contributed by atoms with Crippen LogP contribution in [0.1, 0.15) is 43.4 Å². The first kappa shape index (κ1) is 18.0. The molecule has 142 valence electrons. The zero-order valence-electron chi connectivity index (χ0n) is 15.7. The van der Waals surface area contributed by atoms with E-state index in [1.807, 2.05) is 19.1 Å². The van der Waals surface area contributed by atoms with Crippen molar-refractivity contribution in [1.82, 2.24) is 0 Å². The van der Waals surface area contributed by atoms with Gasteiger partial charge in [-0.25, -0.2) is 8.42 Å². The molecule has 0 spiro atoms. The van der Waals surface area contributed by atoms with E-state index >= 15 is 0 Å². The van der Waals surface area contributed by atoms with Crippen LogP contribution in [0.3, 0.4) is 0 Å². The standard InChI is InChI=1S/C21H24N2O3S/c1-14-12-17-13-18(10-11-21(17)23(14)15(2)24)27(25,26)22-20-9-5-7-16-6-3-4-8-19(16)20/h5,7,9-11,13-14,22H,3-4,6,8,12H2,1-2H3/t14-/m0/s1. The molecule has 0 fully saturated rings. The Morgan fingerprint density at radius 1 is 1.11 bits per heavy atom. The van der Waals surface area contributed by atoms with Crippen molar-refractivity contribution in [2.24, 2.45) is 0 Å². The van der Waals surface area contributed by atoms with Gasteiger partial charge in [0.2, 0.25) is 5.91 Å². The van der Waals surface area contributed by atoms with Gasteiger partial charge >= 0.3 is 0 Å². The molecule has 0 saturated heterocycles. The first-order valence-electron chi connectivity index (χ1n) is 9.43. The van der Waals surface area contributed by atoms with E-state index in [9.17, 15) is 13.2 Å². The average molecular weight is 385 g/mol. The Bertz CT molecular complexity index is 1010. The van der Waals surface area contributed by atoms with Crippen molar-refractivity contribution in [3.8, 4) is 0 Å². The molecule has 0 radical (unpaired) electrons. The summed E-state index contributed by atoms with van der Waals surface area (Å²) >= 11 is 0. The molecule has 1 heterocycles. The van der Waals surface area contributed by atoms with Crippen LogP contribution in [0, 0.1) is 0 Å². The second kappa shape index (κ2) is 6.68. The molecule has 0 bridgehead atoms. The fraction of sp³-hybridized carbons (Fsp3) is 0.381. The summed E-state index contributed by atoms with van der Waals surface area (Å²) in [7, 11) is -3.68. The molecular weight excluding hydrogens is 360 g/mol. The summed E-state index contributed by atoms with van der Waals surface area (Å²) < 4.78 is 28.8. The summed E-state index contributed by atoms with van der Waals surface area (Å²) in [4.78, 5) is 13.8. The zero-order chi connectivity index (χ0) is 19.2. The molecule has 4 rings (SSSR count). The van der Waals surface area contributed by atoms with Gasteiger partial charge in [-0.15, -0.1) is 0 Å². The minimum atomic E-state index is -3.68. The predicted molar refractivity (Wildman–Crippen MR) is 107 cm³/mol. The van der Waals surface area contributed by atoms with Gasteiger partial charge < -0.3 is 4.90 Å². The molecule has 2 aromatic carbocycles. The Morgan fingerprint density at radius 2 is 1.89 bits per heavy atom. The lowest BCUT2D eigenvalue weighted by Crippen LogP contribution is -2.33. The Hall–Kier alpha value is -2.34. The highest BCUT2D eigenvalue weighted by Gasteiger charge is 2.30. The Labute approximate surface area is 160 Å². The molecule has 1 aliphatic heterocycles. The second-order valence-electron chi connectivity index (χ2n) is 7.49. The van der Waals surface area contributed by atoms with Crippen LogP contribution in [-0.2, 0) is 34.1 Å². The van der Waals surface area contributed by atoms with Gasteiger partial charge in [0.25, 0.3) is 10.0 Å². The number of aryl methyl sites for hydroxylation is 1. The number of nitrogens with one attached hydrogen (secondary N) is 1. The second-order valence-corrected chi connectivity index (χ2v) is 9.17. The average Bonchev–Trinajstić information content (AvgIpc) is 2.97. The number of hydrogen-bond acceptors (Lipinski definition) is 3. The van der Waals surface area contributed by atoms with Crippen LogP contribution in [0.25, 0.3) is 0 Å². The molecule has 0 aromatic heterocycles. The minimum absolute atomic E-state index is 0.0223. The largest absolute Gasteiger partial charge is 0.309 e. The molecule has 6 heteroatoms. The van der Waals surface area contributed by atoms with Gasteiger partial charge in [0.05, 0.1) is 10.6 Å². The van der Waals surface area contributed by atoms with Gasteiger partial charge in [0.1, 0.15) is 0 Å². The molecule has 1 aliphatic carbocycles. The summed E-state index contributed by atoms with van der Waals surface area (Å²) in [5.41, 5.74) is 4.75. The third-order valence-electron chi connectivity index (χ3n) is 5.56. The Balaban J connectivity index is 1.67. The number of anilines is 2. The maximum absolute atomic E-state index is 13.0. The summed E-state index contributed by atoms with van der Waals surface area (Å²) in [5, 5.41) is 0. The molecule has 27 heavy (non-hydrogen) atoms. The van der Waals surface area contributed by atoms with Crippen LogP contribution in [0.4, 0.5) is 11.4 Å². The maximum atomic E-state index is 13.0. The first-order valence-corrected chi connectivity index (χ1v) is 10.9. The lowest BCUT2D eigenvalue weighted by atomic mass is 9.91. The monoisotopic (exact) mass is 384 g/mol. The molecule has 2 aliphatic rings. The van der Waals surface area contributed by atoms with Gasteiger partial charge in [-0.3, -0.25) is 9.52 Å². The Morgan fingerprint density at radius 3 is 2.67 bits per heavy atom. The third-order valence-corrected chi connectivity index (χ3v) is 6.92. The van der Waals surface area contributed by atoms with Crippen molar-refractivity contribution in [3.05, 3.63) is 53.1 Å². The molecule has 0 unspecified atom stereocenters. The minimum Gasteiger partial charge on any atom is -0.309 e.